The van der Waals surface area contributed by atoms with Crippen LogP contribution in [0.1, 0.15) is 59.2 Å². The summed E-state index contributed by atoms with van der Waals surface area (Å²) >= 11 is 6.96. The van der Waals surface area contributed by atoms with Crippen LogP contribution in [0.15, 0.2) is 96.8 Å². The fourth-order valence-corrected chi connectivity index (χ4v) is 7.33. The monoisotopic (exact) mass is 979 g/mol. The minimum Gasteiger partial charge on any atom is -0.753 e. The molecular formula is C44H34F3N7O4RuS3. The first kappa shape index (κ1) is 48.6. The summed E-state index contributed by atoms with van der Waals surface area (Å²) < 4.78 is 48.1. The predicted molar refractivity (Wildman–Crippen MR) is 232 cm³/mol. The summed E-state index contributed by atoms with van der Waals surface area (Å²) in [6.45, 7) is 4.89. The van der Waals surface area contributed by atoms with E-state index in [2.05, 4.69) is 72.6 Å². The third kappa shape index (κ3) is 14.3. The van der Waals surface area contributed by atoms with Gasteiger partial charge in [0.2, 0.25) is 0 Å². The van der Waals surface area contributed by atoms with Gasteiger partial charge in [0, 0.05) is 52.1 Å². The van der Waals surface area contributed by atoms with E-state index in [1.54, 1.807) is 65.4 Å². The summed E-state index contributed by atoms with van der Waals surface area (Å²) in [6, 6.07) is 20.6. The normalized spacial score (nSPS) is 10.3. The van der Waals surface area contributed by atoms with E-state index in [9.17, 15) is 22.8 Å². The molecule has 0 aromatic carbocycles. The van der Waals surface area contributed by atoms with Crippen LogP contribution in [0.3, 0.4) is 0 Å². The quantitative estimate of drug-likeness (QED) is 0.0271. The van der Waals surface area contributed by atoms with Crippen LogP contribution in [-0.4, -0.2) is 43.1 Å². The molecule has 316 valence electrons. The van der Waals surface area contributed by atoms with Gasteiger partial charge in [0.25, 0.3) is 12.9 Å². The van der Waals surface area contributed by atoms with Crippen LogP contribution in [0.5, 0.6) is 11.5 Å². The summed E-state index contributed by atoms with van der Waals surface area (Å²) in [4.78, 5) is 42.3. The third-order valence-corrected chi connectivity index (χ3v) is 10.3. The molecule has 0 fully saturated rings. The van der Waals surface area contributed by atoms with Crippen molar-refractivity contribution in [3.05, 3.63) is 129 Å². The number of thiophene rings is 2. The Hall–Kier alpha value is -6.08. The van der Waals surface area contributed by atoms with Crippen molar-refractivity contribution in [2.75, 3.05) is 0 Å². The van der Waals surface area contributed by atoms with Gasteiger partial charge in [-0.1, -0.05) is 55.9 Å². The number of thiocarbonyl (C=S) groups is 1. The van der Waals surface area contributed by atoms with Crippen molar-refractivity contribution in [2.24, 2.45) is 0 Å². The largest absolute Gasteiger partial charge is 2.00 e. The van der Waals surface area contributed by atoms with Gasteiger partial charge in [-0.25, -0.2) is 4.98 Å². The topological polar surface area (TPSA) is 153 Å². The van der Waals surface area contributed by atoms with Gasteiger partial charge in [0.1, 0.15) is 17.2 Å². The van der Waals surface area contributed by atoms with E-state index in [0.29, 0.717) is 47.2 Å². The molecule has 18 heteroatoms. The van der Waals surface area contributed by atoms with Crippen LogP contribution in [-0.2, 0) is 41.7 Å². The molecule has 0 amide bonds. The van der Waals surface area contributed by atoms with Crippen LogP contribution < -0.4 is 14.6 Å². The zero-order valence-electron chi connectivity index (χ0n) is 32.9. The molecule has 7 aromatic heterocycles. The molecule has 7 heterocycles. The number of alkyl halides is 3. The SMILES string of the molecule is CCCCCCc1ccsc1-c1ccnc(-c2cc(C(F)(F)F)n[n-]2)c1.Cc1ccc(C#Cc2ccnc(-c3cc(OC=O)cc(-c4cc(OC=O)ccn4)n3)c2)s1.[N-]=C=S.[Ru+2]. The number of rotatable bonds is 13. The second kappa shape index (κ2) is 24.4. The Morgan fingerprint density at radius 3 is 2.13 bits per heavy atom. The zero-order chi connectivity index (χ0) is 43.6. The minimum absolute atomic E-state index is 0. The number of unbranched alkanes of at least 4 members (excludes halogenated alkanes) is 3. The number of aryl methyl sites for hydroxylation is 2. The molecule has 0 aliphatic heterocycles. The van der Waals surface area contributed by atoms with E-state index in [0.717, 1.165) is 39.8 Å². The van der Waals surface area contributed by atoms with Gasteiger partial charge in [-0.3, -0.25) is 24.5 Å². The summed E-state index contributed by atoms with van der Waals surface area (Å²) in [5.41, 5.74) is 4.42. The number of hydrogen-bond donors (Lipinski definition) is 0. The first-order chi connectivity index (χ1) is 29.5. The summed E-state index contributed by atoms with van der Waals surface area (Å²) in [5.74, 6) is 6.87. The molecule has 0 saturated heterocycles. The van der Waals surface area contributed by atoms with Crippen LogP contribution >= 0.6 is 34.9 Å². The number of carbonyl (C=O) groups is 2. The van der Waals surface area contributed by atoms with Gasteiger partial charge >= 0.3 is 25.7 Å². The van der Waals surface area contributed by atoms with E-state index in [1.807, 2.05) is 37.3 Å². The fraction of sp³-hybridized carbons (Fsp3) is 0.182. The minimum atomic E-state index is -4.50. The van der Waals surface area contributed by atoms with Crippen molar-refractivity contribution >= 4 is 53.0 Å². The van der Waals surface area contributed by atoms with Crippen molar-refractivity contribution in [2.45, 2.75) is 52.1 Å². The maximum Gasteiger partial charge on any atom is 2.00 e. The van der Waals surface area contributed by atoms with E-state index in [1.165, 1.54) is 41.1 Å². The zero-order valence-corrected chi connectivity index (χ0v) is 37.1. The Morgan fingerprint density at radius 1 is 0.806 bits per heavy atom. The molecule has 0 spiro atoms. The number of halogens is 3. The van der Waals surface area contributed by atoms with Gasteiger partial charge in [-0.15, -0.1) is 22.7 Å². The van der Waals surface area contributed by atoms with Gasteiger partial charge < -0.3 is 25.1 Å². The van der Waals surface area contributed by atoms with Crippen LogP contribution in [0.2, 0.25) is 0 Å². The van der Waals surface area contributed by atoms with E-state index in [-0.39, 0.29) is 30.9 Å². The number of carbonyl (C=O) groups excluding carboxylic acids is 2. The van der Waals surface area contributed by atoms with Crippen LogP contribution in [0, 0.1) is 18.8 Å². The van der Waals surface area contributed by atoms with Crippen molar-refractivity contribution in [1.29, 1.82) is 0 Å². The first-order valence-corrected chi connectivity index (χ1v) is 20.5. The number of pyridine rings is 4. The average molecular weight is 979 g/mol. The molecule has 0 saturated carbocycles. The fourth-order valence-electron chi connectivity index (χ4n) is 5.65. The molecule has 0 aliphatic rings. The Bertz CT molecular complexity index is 2670. The number of hydrogen-bond acceptors (Lipinski definition) is 12. The van der Waals surface area contributed by atoms with Crippen molar-refractivity contribution < 1.29 is 51.7 Å². The van der Waals surface area contributed by atoms with Gasteiger partial charge in [0.15, 0.2) is 0 Å². The Kier molecular flexibility index (Phi) is 19.1. The molecule has 0 bridgehead atoms. The van der Waals surface area contributed by atoms with Gasteiger partial charge in [-0.2, -0.15) is 18.3 Å². The molecule has 7 rings (SSSR count). The summed E-state index contributed by atoms with van der Waals surface area (Å²) in [7, 11) is 0. The molecule has 11 nitrogen and oxygen atoms in total. The third-order valence-electron chi connectivity index (χ3n) is 8.41. The van der Waals surface area contributed by atoms with Crippen LogP contribution in [0.4, 0.5) is 13.2 Å². The number of nitrogens with zero attached hydrogens (tertiary/aromatic N) is 7. The predicted octanol–water partition coefficient (Wildman–Crippen LogP) is 10.7. The van der Waals surface area contributed by atoms with Crippen molar-refractivity contribution in [3.8, 4) is 67.9 Å². The summed E-state index contributed by atoms with van der Waals surface area (Å²) in [6.07, 6.45) is 6.02. The number of aromatic nitrogens is 6. The molecule has 62 heavy (non-hydrogen) atoms. The standard InChI is InChI=1S/C24H15N3O4S.C19H19F3N3S.CNS.Ru/c1-16-2-4-20(32-16)5-3-17-6-8-25-21(10-17)23-12-19(31-15-29)13-24(27-23)22-11-18(30-14-28)7-9-26-22;1-2-3-4-5-6-13-8-10-26-18(13)14-7-9-23-15(11-14)16-12-17(25-24-16)19(20,21)22;2-1-3;/h2,4,6-15H,1H3;7-12H,2-6H2,1H3;;/q;2*-1;+2. The van der Waals surface area contributed by atoms with Gasteiger partial charge in [-0.05, 0) is 90.9 Å². The van der Waals surface area contributed by atoms with E-state index in [4.69, 9.17) is 14.9 Å². The maximum absolute atomic E-state index is 12.7. The van der Waals surface area contributed by atoms with Crippen LogP contribution in [0.25, 0.3) is 50.0 Å². The van der Waals surface area contributed by atoms with E-state index < -0.39 is 11.9 Å². The molecule has 0 atom stereocenters. The smallest absolute Gasteiger partial charge is 0.753 e. The van der Waals surface area contributed by atoms with E-state index >= 15 is 0 Å². The Balaban J connectivity index is 0.000000257. The Labute approximate surface area is 381 Å². The molecule has 7 aromatic rings. The number of isothiocyanates is 1. The first-order valence-electron chi connectivity index (χ1n) is 18.4. The van der Waals surface area contributed by atoms with Crippen molar-refractivity contribution in [3.63, 3.8) is 0 Å². The second-order valence-electron chi connectivity index (χ2n) is 12.7. The van der Waals surface area contributed by atoms with Crippen molar-refractivity contribution in [1.82, 2.24) is 30.1 Å². The molecule has 0 N–H and O–H groups in total. The summed E-state index contributed by atoms with van der Waals surface area (Å²) in [5, 5.41) is 17.4. The average Bonchev–Trinajstić information content (AvgIpc) is 4.05. The molecular weight excluding hydrogens is 945 g/mol. The Morgan fingerprint density at radius 2 is 1.47 bits per heavy atom. The van der Waals surface area contributed by atoms with Gasteiger partial charge in [0.05, 0.1) is 33.3 Å². The number of ether oxygens (including phenoxy) is 2. The molecule has 0 radical (unpaired) electrons. The maximum atomic E-state index is 12.7. The molecule has 0 unspecified atom stereocenters. The molecule has 0 aliphatic carbocycles. The second-order valence-corrected chi connectivity index (χ2v) is 15.1.